The Morgan fingerprint density at radius 1 is 1.62 bits per heavy atom. The second kappa shape index (κ2) is 4.04. The molecule has 0 aliphatic rings. The Morgan fingerprint density at radius 2 is 2.31 bits per heavy atom. The summed E-state index contributed by atoms with van der Waals surface area (Å²) in [5.74, 6) is -0.937. The molecule has 0 fully saturated rings. The number of phenolic OH excluding ortho intramolecular Hbond substituents is 1. The minimum atomic E-state index is -0.711. The van der Waals surface area contributed by atoms with Crippen molar-refractivity contribution in [2.45, 2.75) is 0 Å². The van der Waals surface area contributed by atoms with Gasteiger partial charge in [0.2, 0.25) is 0 Å². The lowest BCUT2D eigenvalue weighted by molar-refractivity contribution is 0.432. The van der Waals surface area contributed by atoms with E-state index < -0.39 is 11.6 Å². The first-order chi connectivity index (χ1) is 6.13. The summed E-state index contributed by atoms with van der Waals surface area (Å²) in [7, 11) is 0. The topological polar surface area (TPSA) is 41.5 Å². The SMILES string of the molecule is C=C(Nc1ccc(O)c(F)c1)OS. The van der Waals surface area contributed by atoms with Crippen LogP contribution in [0.25, 0.3) is 0 Å². The third-order valence-corrected chi connectivity index (χ3v) is 1.56. The average Bonchev–Trinajstić information content (AvgIpc) is 2.11. The Balaban J connectivity index is 2.79. The smallest absolute Gasteiger partial charge is 0.198 e. The maximum absolute atomic E-state index is 12.8. The molecule has 1 aromatic rings. The van der Waals surface area contributed by atoms with Gasteiger partial charge in [-0.25, -0.2) is 4.39 Å². The van der Waals surface area contributed by atoms with Crippen LogP contribution in [0.3, 0.4) is 0 Å². The number of hydrogen-bond acceptors (Lipinski definition) is 4. The third kappa shape index (κ3) is 2.55. The van der Waals surface area contributed by atoms with E-state index in [4.69, 9.17) is 5.11 Å². The van der Waals surface area contributed by atoms with Gasteiger partial charge in [0, 0.05) is 24.7 Å². The summed E-state index contributed by atoms with van der Waals surface area (Å²) in [6, 6.07) is 3.83. The molecule has 0 atom stereocenters. The summed E-state index contributed by atoms with van der Waals surface area (Å²) in [6.07, 6.45) is 0. The zero-order chi connectivity index (χ0) is 9.84. The van der Waals surface area contributed by atoms with Crippen LogP contribution in [0.4, 0.5) is 10.1 Å². The van der Waals surface area contributed by atoms with Gasteiger partial charge < -0.3 is 14.6 Å². The lowest BCUT2D eigenvalue weighted by Gasteiger charge is -2.06. The standard InChI is InChI=1S/C8H8FNO2S/c1-5(12-13)10-6-2-3-8(11)7(9)4-6/h2-4,10-11,13H,1H2. The first-order valence-electron chi connectivity index (χ1n) is 3.39. The van der Waals surface area contributed by atoms with Crippen molar-refractivity contribution >= 4 is 18.6 Å². The first kappa shape index (κ1) is 9.73. The molecule has 0 unspecified atom stereocenters. The van der Waals surface area contributed by atoms with E-state index in [1.54, 1.807) is 0 Å². The molecule has 0 radical (unpaired) electrons. The third-order valence-electron chi connectivity index (χ3n) is 1.34. The molecular weight excluding hydrogens is 193 g/mol. The van der Waals surface area contributed by atoms with E-state index in [9.17, 15) is 4.39 Å². The molecule has 0 amide bonds. The van der Waals surface area contributed by atoms with Crippen molar-refractivity contribution in [1.29, 1.82) is 0 Å². The molecule has 0 aromatic heterocycles. The first-order valence-corrected chi connectivity index (χ1v) is 3.76. The van der Waals surface area contributed by atoms with Gasteiger partial charge in [0.05, 0.1) is 0 Å². The van der Waals surface area contributed by atoms with Crippen molar-refractivity contribution < 1.29 is 13.7 Å². The van der Waals surface area contributed by atoms with Gasteiger partial charge in [-0.2, -0.15) is 0 Å². The van der Waals surface area contributed by atoms with Crippen molar-refractivity contribution in [3.8, 4) is 5.75 Å². The number of halogens is 1. The summed E-state index contributed by atoms with van der Waals surface area (Å²) in [6.45, 7) is 3.43. The van der Waals surface area contributed by atoms with Gasteiger partial charge in [0.15, 0.2) is 17.4 Å². The summed E-state index contributed by atoms with van der Waals surface area (Å²) in [5, 5.41) is 11.5. The summed E-state index contributed by atoms with van der Waals surface area (Å²) in [5.41, 5.74) is 0.425. The molecule has 70 valence electrons. The predicted octanol–water partition coefficient (Wildman–Crippen LogP) is 2.28. The van der Waals surface area contributed by atoms with Crippen LogP contribution < -0.4 is 5.32 Å². The number of rotatable bonds is 3. The van der Waals surface area contributed by atoms with Crippen LogP contribution in [0.15, 0.2) is 30.7 Å². The monoisotopic (exact) mass is 201 g/mol. The molecule has 1 rings (SSSR count). The van der Waals surface area contributed by atoms with Gasteiger partial charge in [0.1, 0.15) is 0 Å². The van der Waals surface area contributed by atoms with Crippen LogP contribution in [0.2, 0.25) is 0 Å². The Bertz CT molecular complexity index is 330. The number of benzene rings is 1. The average molecular weight is 201 g/mol. The number of anilines is 1. The largest absolute Gasteiger partial charge is 0.505 e. The van der Waals surface area contributed by atoms with E-state index >= 15 is 0 Å². The van der Waals surface area contributed by atoms with Crippen LogP contribution in [0.5, 0.6) is 5.75 Å². The number of thiol groups is 1. The van der Waals surface area contributed by atoms with Gasteiger partial charge in [-0.05, 0) is 18.7 Å². The number of hydrogen-bond donors (Lipinski definition) is 3. The van der Waals surface area contributed by atoms with E-state index in [1.807, 2.05) is 0 Å². The van der Waals surface area contributed by atoms with E-state index in [-0.39, 0.29) is 5.88 Å². The number of nitrogens with one attached hydrogen (secondary N) is 1. The highest BCUT2D eigenvalue weighted by Crippen LogP contribution is 2.20. The van der Waals surface area contributed by atoms with Gasteiger partial charge >= 0.3 is 0 Å². The molecule has 0 heterocycles. The molecule has 0 aliphatic carbocycles. The van der Waals surface area contributed by atoms with Crippen molar-refractivity contribution in [2.24, 2.45) is 0 Å². The number of phenols is 1. The highest BCUT2D eigenvalue weighted by atomic mass is 32.1. The second-order valence-electron chi connectivity index (χ2n) is 2.31. The Hall–Kier alpha value is -1.36. The molecule has 0 saturated heterocycles. The lowest BCUT2D eigenvalue weighted by Crippen LogP contribution is -1.97. The maximum Gasteiger partial charge on any atom is 0.198 e. The molecular formula is C8H8FNO2S. The van der Waals surface area contributed by atoms with Crippen LogP contribution in [-0.2, 0) is 4.18 Å². The molecule has 0 spiro atoms. The van der Waals surface area contributed by atoms with Gasteiger partial charge in [0.25, 0.3) is 0 Å². The lowest BCUT2D eigenvalue weighted by atomic mass is 10.3. The quantitative estimate of drug-likeness (QED) is 0.304. The summed E-state index contributed by atoms with van der Waals surface area (Å²) >= 11 is 3.49. The summed E-state index contributed by atoms with van der Waals surface area (Å²) < 4.78 is 17.2. The zero-order valence-electron chi connectivity index (χ0n) is 6.62. The van der Waals surface area contributed by atoms with Gasteiger partial charge in [-0.1, -0.05) is 0 Å². The molecule has 13 heavy (non-hydrogen) atoms. The summed E-state index contributed by atoms with van der Waals surface area (Å²) in [4.78, 5) is 0. The molecule has 5 heteroatoms. The van der Waals surface area contributed by atoms with Crippen LogP contribution in [-0.4, -0.2) is 5.11 Å². The Kier molecular flexibility index (Phi) is 3.02. The normalized spacial score (nSPS) is 9.38. The molecule has 3 nitrogen and oxygen atoms in total. The molecule has 0 aliphatic heterocycles. The molecule has 1 aromatic carbocycles. The predicted molar refractivity (Wildman–Crippen MR) is 50.9 cm³/mol. The van der Waals surface area contributed by atoms with Crippen LogP contribution in [0, 0.1) is 5.82 Å². The Morgan fingerprint density at radius 3 is 2.85 bits per heavy atom. The van der Waals surface area contributed by atoms with Crippen molar-refractivity contribution in [3.63, 3.8) is 0 Å². The fraction of sp³-hybridized carbons (Fsp3) is 0. The second-order valence-corrected chi connectivity index (χ2v) is 2.49. The highest BCUT2D eigenvalue weighted by molar-refractivity contribution is 7.75. The minimum absolute atomic E-state index is 0.174. The zero-order valence-corrected chi connectivity index (χ0v) is 7.51. The van der Waals surface area contributed by atoms with E-state index in [1.165, 1.54) is 12.1 Å². The van der Waals surface area contributed by atoms with Crippen molar-refractivity contribution in [1.82, 2.24) is 0 Å². The fourth-order valence-corrected chi connectivity index (χ4v) is 0.814. The number of aromatic hydroxyl groups is 1. The highest BCUT2D eigenvalue weighted by Gasteiger charge is 2.01. The van der Waals surface area contributed by atoms with Crippen molar-refractivity contribution in [3.05, 3.63) is 36.5 Å². The molecule has 0 bridgehead atoms. The van der Waals surface area contributed by atoms with E-state index in [2.05, 4.69) is 29.0 Å². The maximum atomic E-state index is 12.8. The van der Waals surface area contributed by atoms with Crippen LogP contribution >= 0.6 is 12.9 Å². The van der Waals surface area contributed by atoms with Gasteiger partial charge in [-0.15, -0.1) is 0 Å². The molecule has 0 saturated carbocycles. The van der Waals surface area contributed by atoms with E-state index in [0.29, 0.717) is 5.69 Å². The van der Waals surface area contributed by atoms with E-state index in [0.717, 1.165) is 6.07 Å². The fourth-order valence-electron chi connectivity index (χ4n) is 0.768. The van der Waals surface area contributed by atoms with Crippen LogP contribution in [0.1, 0.15) is 0 Å². The minimum Gasteiger partial charge on any atom is -0.505 e. The van der Waals surface area contributed by atoms with Crippen molar-refractivity contribution in [2.75, 3.05) is 5.32 Å². The van der Waals surface area contributed by atoms with Gasteiger partial charge in [-0.3, -0.25) is 0 Å². The molecule has 2 N–H and O–H groups in total. The Labute approximate surface area is 80.5 Å².